The Morgan fingerprint density at radius 2 is 1.81 bits per heavy atom. The van der Waals surface area contributed by atoms with E-state index in [0.717, 1.165) is 17.1 Å². The van der Waals surface area contributed by atoms with Crippen molar-refractivity contribution < 1.29 is 13.2 Å². The van der Waals surface area contributed by atoms with Gasteiger partial charge < -0.3 is 9.88 Å². The fourth-order valence-electron chi connectivity index (χ4n) is 3.85. The summed E-state index contributed by atoms with van der Waals surface area (Å²) in [6.45, 7) is 10.0. The molecular formula is C21H28N2O3S. The molecule has 1 fully saturated rings. The second-order valence-corrected chi connectivity index (χ2v) is 10.4. The Bertz CT molecular complexity index is 972. The van der Waals surface area contributed by atoms with Crippen LogP contribution in [0, 0.1) is 13.8 Å². The van der Waals surface area contributed by atoms with Crippen molar-refractivity contribution in [3.63, 3.8) is 0 Å². The molecule has 0 radical (unpaired) electrons. The van der Waals surface area contributed by atoms with Gasteiger partial charge in [-0.15, -0.1) is 0 Å². The monoisotopic (exact) mass is 388 g/mol. The van der Waals surface area contributed by atoms with E-state index in [9.17, 15) is 13.2 Å². The van der Waals surface area contributed by atoms with Crippen LogP contribution in [0.5, 0.6) is 0 Å². The number of aromatic nitrogens is 1. The van der Waals surface area contributed by atoms with Gasteiger partial charge in [0, 0.05) is 17.1 Å². The SMILES string of the molecule is Cc1cc(C(=O)NC2(C)CCS(=O)(=O)C2)c(C)n1-c1ccc(C(C)C)cc1. The van der Waals surface area contributed by atoms with Crippen molar-refractivity contribution in [2.45, 2.75) is 52.5 Å². The molecule has 0 aliphatic carbocycles. The zero-order valence-corrected chi connectivity index (χ0v) is 17.5. The Labute approximate surface area is 161 Å². The van der Waals surface area contributed by atoms with Crippen LogP contribution in [-0.2, 0) is 9.84 Å². The van der Waals surface area contributed by atoms with Crippen LogP contribution < -0.4 is 5.32 Å². The molecular weight excluding hydrogens is 360 g/mol. The van der Waals surface area contributed by atoms with Crippen LogP contribution in [0.3, 0.4) is 0 Å². The minimum atomic E-state index is -3.07. The Kier molecular flexibility index (Phi) is 4.97. The maximum Gasteiger partial charge on any atom is 0.253 e. The predicted octanol–water partition coefficient (Wildman–Crippen LogP) is 3.52. The highest BCUT2D eigenvalue weighted by molar-refractivity contribution is 7.91. The number of sulfone groups is 1. The Morgan fingerprint density at radius 1 is 1.19 bits per heavy atom. The van der Waals surface area contributed by atoms with Crippen LogP contribution in [0.4, 0.5) is 0 Å². The average Bonchev–Trinajstić information content (AvgIpc) is 3.02. The number of rotatable bonds is 4. The molecule has 1 aliphatic heterocycles. The Morgan fingerprint density at radius 3 is 2.33 bits per heavy atom. The first-order valence-corrected chi connectivity index (χ1v) is 11.2. The van der Waals surface area contributed by atoms with Crippen molar-refractivity contribution in [3.05, 3.63) is 52.8 Å². The smallest absolute Gasteiger partial charge is 0.253 e. The first-order chi connectivity index (χ1) is 12.5. The first kappa shape index (κ1) is 19.7. The molecule has 1 saturated heterocycles. The van der Waals surface area contributed by atoms with Gasteiger partial charge in [0.05, 0.1) is 22.6 Å². The van der Waals surface area contributed by atoms with E-state index in [1.165, 1.54) is 5.56 Å². The van der Waals surface area contributed by atoms with E-state index in [0.29, 0.717) is 17.9 Å². The lowest BCUT2D eigenvalue weighted by molar-refractivity contribution is 0.0915. The molecule has 1 aromatic carbocycles. The van der Waals surface area contributed by atoms with E-state index in [-0.39, 0.29) is 17.4 Å². The fraction of sp³-hybridized carbons (Fsp3) is 0.476. The number of hydrogen-bond donors (Lipinski definition) is 1. The number of amides is 1. The van der Waals surface area contributed by atoms with Crippen LogP contribution in [0.25, 0.3) is 5.69 Å². The predicted molar refractivity (Wildman–Crippen MR) is 108 cm³/mol. The Balaban J connectivity index is 1.88. The molecule has 1 aromatic heterocycles. The maximum atomic E-state index is 12.9. The molecule has 6 heteroatoms. The van der Waals surface area contributed by atoms with Crippen LogP contribution in [0.15, 0.2) is 30.3 Å². The number of carbonyl (C=O) groups excluding carboxylic acids is 1. The molecule has 1 amide bonds. The second kappa shape index (κ2) is 6.82. The number of nitrogens with zero attached hydrogens (tertiary/aromatic N) is 1. The second-order valence-electron chi connectivity index (χ2n) is 8.22. The Hall–Kier alpha value is -2.08. The standard InChI is InChI=1S/C21H28N2O3S/c1-14(2)17-6-8-18(9-7-17)23-15(3)12-19(16(23)4)20(24)22-21(5)10-11-27(25,26)13-21/h6-9,12,14H,10-11,13H2,1-5H3,(H,22,24). The van der Waals surface area contributed by atoms with Crippen molar-refractivity contribution in [1.82, 2.24) is 9.88 Å². The largest absolute Gasteiger partial charge is 0.346 e. The summed E-state index contributed by atoms with van der Waals surface area (Å²) in [4.78, 5) is 12.9. The van der Waals surface area contributed by atoms with E-state index in [1.807, 2.05) is 19.9 Å². The molecule has 0 bridgehead atoms. The first-order valence-electron chi connectivity index (χ1n) is 9.33. The lowest BCUT2D eigenvalue weighted by atomic mass is 10.0. The molecule has 1 atom stereocenters. The normalized spacial score (nSPS) is 21.6. The van der Waals surface area contributed by atoms with Gasteiger partial charge in [-0.25, -0.2) is 8.42 Å². The van der Waals surface area contributed by atoms with Crippen LogP contribution in [0.1, 0.15) is 60.4 Å². The molecule has 5 nitrogen and oxygen atoms in total. The summed E-state index contributed by atoms with van der Waals surface area (Å²) in [6.07, 6.45) is 0.455. The van der Waals surface area contributed by atoms with Gasteiger partial charge in [-0.1, -0.05) is 26.0 Å². The third-order valence-corrected chi connectivity index (χ3v) is 7.32. The summed E-state index contributed by atoms with van der Waals surface area (Å²) < 4.78 is 25.7. The molecule has 3 rings (SSSR count). The van der Waals surface area contributed by atoms with Gasteiger partial charge in [0.25, 0.3) is 5.91 Å². The lowest BCUT2D eigenvalue weighted by Gasteiger charge is -2.23. The molecule has 2 aromatic rings. The van der Waals surface area contributed by atoms with Gasteiger partial charge in [-0.3, -0.25) is 4.79 Å². The van der Waals surface area contributed by atoms with Gasteiger partial charge in [-0.05, 0) is 56.9 Å². The van der Waals surface area contributed by atoms with Crippen molar-refractivity contribution >= 4 is 15.7 Å². The van der Waals surface area contributed by atoms with Crippen LogP contribution in [0.2, 0.25) is 0 Å². The zero-order chi connectivity index (χ0) is 20.0. The van der Waals surface area contributed by atoms with Crippen molar-refractivity contribution in [3.8, 4) is 5.69 Å². The highest BCUT2D eigenvalue weighted by Crippen LogP contribution is 2.26. The molecule has 0 saturated carbocycles. The summed E-state index contributed by atoms with van der Waals surface area (Å²) >= 11 is 0. The van der Waals surface area contributed by atoms with Crippen molar-refractivity contribution in [2.75, 3.05) is 11.5 Å². The molecule has 27 heavy (non-hydrogen) atoms. The van der Waals surface area contributed by atoms with Gasteiger partial charge >= 0.3 is 0 Å². The third kappa shape index (κ3) is 3.95. The summed E-state index contributed by atoms with van der Waals surface area (Å²) in [7, 11) is -3.07. The molecule has 146 valence electrons. The van der Waals surface area contributed by atoms with Gasteiger partial charge in [0.15, 0.2) is 9.84 Å². The van der Waals surface area contributed by atoms with Gasteiger partial charge in [0.1, 0.15) is 0 Å². The number of benzene rings is 1. The number of carbonyl (C=O) groups is 1. The topological polar surface area (TPSA) is 68.2 Å². The summed E-state index contributed by atoms with van der Waals surface area (Å²) in [5.74, 6) is 0.384. The summed E-state index contributed by atoms with van der Waals surface area (Å²) in [6, 6.07) is 10.2. The van der Waals surface area contributed by atoms with E-state index in [2.05, 4.69) is 48.0 Å². The quantitative estimate of drug-likeness (QED) is 0.871. The van der Waals surface area contributed by atoms with Crippen LogP contribution >= 0.6 is 0 Å². The van der Waals surface area contributed by atoms with E-state index < -0.39 is 15.4 Å². The zero-order valence-electron chi connectivity index (χ0n) is 16.7. The molecule has 0 spiro atoms. The summed E-state index contributed by atoms with van der Waals surface area (Å²) in [5.41, 5.74) is 4.01. The lowest BCUT2D eigenvalue weighted by Crippen LogP contribution is -2.47. The van der Waals surface area contributed by atoms with Gasteiger partial charge in [-0.2, -0.15) is 0 Å². The highest BCUT2D eigenvalue weighted by Gasteiger charge is 2.40. The number of hydrogen-bond acceptors (Lipinski definition) is 3. The molecule has 1 unspecified atom stereocenters. The average molecular weight is 389 g/mol. The maximum absolute atomic E-state index is 12.9. The molecule has 1 aliphatic rings. The van der Waals surface area contributed by atoms with E-state index in [1.54, 1.807) is 6.92 Å². The van der Waals surface area contributed by atoms with Crippen molar-refractivity contribution in [1.29, 1.82) is 0 Å². The third-order valence-electron chi connectivity index (χ3n) is 5.41. The number of nitrogens with one attached hydrogen (secondary N) is 1. The van der Waals surface area contributed by atoms with Crippen molar-refractivity contribution in [2.24, 2.45) is 0 Å². The molecule has 1 N–H and O–H groups in total. The van der Waals surface area contributed by atoms with E-state index in [4.69, 9.17) is 0 Å². The number of aryl methyl sites for hydroxylation is 1. The van der Waals surface area contributed by atoms with Gasteiger partial charge in [0.2, 0.25) is 0 Å². The molecule has 2 heterocycles. The van der Waals surface area contributed by atoms with E-state index >= 15 is 0 Å². The minimum absolute atomic E-state index is 0.00113. The fourth-order valence-corrected chi connectivity index (χ4v) is 5.94. The summed E-state index contributed by atoms with van der Waals surface area (Å²) in [5, 5.41) is 2.95. The van der Waals surface area contributed by atoms with Crippen LogP contribution in [-0.4, -0.2) is 35.9 Å². The minimum Gasteiger partial charge on any atom is -0.346 e. The highest BCUT2D eigenvalue weighted by atomic mass is 32.2.